The van der Waals surface area contributed by atoms with E-state index in [1.165, 1.54) is 6.26 Å². The maximum Gasteiger partial charge on any atom is 0.227 e. The summed E-state index contributed by atoms with van der Waals surface area (Å²) in [7, 11) is 0. The van der Waals surface area contributed by atoms with Crippen LogP contribution in [-0.2, 0) is 4.79 Å². The molecule has 0 radical (unpaired) electrons. The summed E-state index contributed by atoms with van der Waals surface area (Å²) in [5.74, 6) is 0.0476. The van der Waals surface area contributed by atoms with Crippen molar-refractivity contribution >= 4 is 21.8 Å². The summed E-state index contributed by atoms with van der Waals surface area (Å²) >= 11 is 3.36. The van der Waals surface area contributed by atoms with Gasteiger partial charge in [-0.25, -0.2) is 0 Å². The van der Waals surface area contributed by atoms with Crippen LogP contribution in [0.5, 0.6) is 0 Å². The second-order valence-electron chi connectivity index (χ2n) is 4.55. The Morgan fingerprint density at radius 2 is 2.05 bits per heavy atom. The zero-order chi connectivity index (χ0) is 14.5. The normalized spacial score (nSPS) is 13.8. The van der Waals surface area contributed by atoms with E-state index in [2.05, 4.69) is 21.2 Å². The number of carbonyl (C=O) groups excluding carboxylic acids is 1. The number of halogens is 1. The first-order valence-corrected chi connectivity index (χ1v) is 7.12. The van der Waals surface area contributed by atoms with Gasteiger partial charge in [-0.2, -0.15) is 0 Å². The topological polar surface area (TPSA) is 62.5 Å². The number of aliphatic hydroxyl groups is 1. The third kappa shape index (κ3) is 3.71. The molecule has 1 heterocycles. The molecule has 20 heavy (non-hydrogen) atoms. The van der Waals surface area contributed by atoms with Gasteiger partial charge in [0.05, 0.1) is 18.7 Å². The number of hydrogen-bond acceptors (Lipinski definition) is 3. The van der Waals surface area contributed by atoms with Gasteiger partial charge in [0.15, 0.2) is 0 Å². The molecule has 4 nitrogen and oxygen atoms in total. The third-order valence-electron chi connectivity index (χ3n) is 3.10. The van der Waals surface area contributed by atoms with Crippen LogP contribution in [0.3, 0.4) is 0 Å². The molecular formula is C15H16BrNO3. The number of amides is 1. The molecule has 0 fully saturated rings. The molecule has 106 valence electrons. The summed E-state index contributed by atoms with van der Waals surface area (Å²) in [4.78, 5) is 12.0. The third-order valence-corrected chi connectivity index (χ3v) is 3.63. The van der Waals surface area contributed by atoms with Crippen LogP contribution in [0.1, 0.15) is 30.3 Å². The van der Waals surface area contributed by atoms with Gasteiger partial charge in [0, 0.05) is 4.47 Å². The van der Waals surface area contributed by atoms with Crippen molar-refractivity contribution < 1.29 is 14.3 Å². The molecule has 2 unspecified atom stereocenters. The average Bonchev–Trinajstić information content (AvgIpc) is 2.98. The fourth-order valence-electron chi connectivity index (χ4n) is 1.83. The summed E-state index contributed by atoms with van der Waals surface area (Å²) in [5, 5.41) is 12.6. The van der Waals surface area contributed by atoms with Gasteiger partial charge in [0.2, 0.25) is 5.91 Å². The van der Waals surface area contributed by atoms with Crippen molar-refractivity contribution in [3.05, 3.63) is 58.5 Å². The monoisotopic (exact) mass is 337 g/mol. The number of hydrogen-bond donors (Lipinski definition) is 2. The van der Waals surface area contributed by atoms with Crippen LogP contribution in [0.25, 0.3) is 0 Å². The maximum absolute atomic E-state index is 12.0. The van der Waals surface area contributed by atoms with Gasteiger partial charge in [0.1, 0.15) is 11.9 Å². The van der Waals surface area contributed by atoms with Crippen molar-refractivity contribution in [2.24, 2.45) is 0 Å². The minimum atomic E-state index is -0.828. The van der Waals surface area contributed by atoms with E-state index in [1.54, 1.807) is 12.1 Å². The zero-order valence-electron chi connectivity index (χ0n) is 11.0. The Hall–Kier alpha value is -1.59. The first-order chi connectivity index (χ1) is 9.58. The highest BCUT2D eigenvalue weighted by Crippen LogP contribution is 2.19. The van der Waals surface area contributed by atoms with Crippen LogP contribution >= 0.6 is 15.9 Å². The average molecular weight is 338 g/mol. The Balaban J connectivity index is 1.90. The molecule has 0 aliphatic rings. The van der Waals surface area contributed by atoms with Crippen molar-refractivity contribution in [1.29, 1.82) is 0 Å². The van der Waals surface area contributed by atoms with Crippen LogP contribution in [0.2, 0.25) is 0 Å². The summed E-state index contributed by atoms with van der Waals surface area (Å²) in [6, 6.07) is 11.0. The van der Waals surface area contributed by atoms with Gasteiger partial charge < -0.3 is 14.8 Å². The first-order valence-electron chi connectivity index (χ1n) is 6.32. The molecule has 1 aromatic heterocycles. The number of rotatable bonds is 5. The van der Waals surface area contributed by atoms with Gasteiger partial charge in [0.25, 0.3) is 0 Å². The Morgan fingerprint density at radius 3 is 2.65 bits per heavy atom. The molecule has 0 saturated heterocycles. The fraction of sp³-hybridized carbons (Fsp3) is 0.267. The lowest BCUT2D eigenvalue weighted by Crippen LogP contribution is -2.31. The van der Waals surface area contributed by atoms with Crippen molar-refractivity contribution in [3.8, 4) is 0 Å². The second-order valence-corrected chi connectivity index (χ2v) is 5.47. The van der Waals surface area contributed by atoms with Crippen molar-refractivity contribution in [2.75, 3.05) is 6.54 Å². The lowest BCUT2D eigenvalue weighted by atomic mass is 10.0. The maximum atomic E-state index is 12.0. The molecule has 2 aromatic rings. The molecule has 0 saturated carbocycles. The predicted molar refractivity (Wildman–Crippen MR) is 79.2 cm³/mol. The molecule has 1 amide bonds. The van der Waals surface area contributed by atoms with Crippen LogP contribution < -0.4 is 5.32 Å². The molecular weight excluding hydrogens is 322 g/mol. The summed E-state index contributed by atoms with van der Waals surface area (Å²) in [5.41, 5.74) is 0.929. The number of benzene rings is 1. The van der Waals surface area contributed by atoms with Gasteiger partial charge in [-0.1, -0.05) is 28.1 Å². The predicted octanol–water partition coefficient (Wildman–Crippen LogP) is 3.00. The summed E-state index contributed by atoms with van der Waals surface area (Å²) in [6.07, 6.45) is 0.663. The molecule has 2 atom stereocenters. The molecule has 0 aliphatic heterocycles. The Morgan fingerprint density at radius 1 is 1.35 bits per heavy atom. The molecule has 1 aromatic carbocycles. The van der Waals surface area contributed by atoms with E-state index in [0.29, 0.717) is 5.76 Å². The highest BCUT2D eigenvalue weighted by Gasteiger charge is 2.17. The lowest BCUT2D eigenvalue weighted by molar-refractivity contribution is -0.122. The van der Waals surface area contributed by atoms with E-state index in [0.717, 1.165) is 10.0 Å². The molecule has 2 N–H and O–H groups in total. The molecule has 0 aliphatic carbocycles. The van der Waals surface area contributed by atoms with E-state index in [-0.39, 0.29) is 18.4 Å². The van der Waals surface area contributed by atoms with Crippen LogP contribution in [-0.4, -0.2) is 17.6 Å². The van der Waals surface area contributed by atoms with Crippen LogP contribution in [0, 0.1) is 0 Å². The van der Waals surface area contributed by atoms with Crippen LogP contribution in [0.4, 0.5) is 0 Å². The lowest BCUT2D eigenvalue weighted by Gasteiger charge is -2.14. The van der Waals surface area contributed by atoms with E-state index in [9.17, 15) is 9.90 Å². The van der Waals surface area contributed by atoms with E-state index < -0.39 is 6.10 Å². The standard InChI is InChI=1S/C15H16BrNO3/c1-10(11-4-6-12(16)7-5-11)15(19)17-9-13(18)14-3-2-8-20-14/h2-8,10,13,18H,9H2,1H3,(H,17,19). The second kappa shape index (κ2) is 6.72. The van der Waals surface area contributed by atoms with Crippen molar-refractivity contribution in [2.45, 2.75) is 18.9 Å². The highest BCUT2D eigenvalue weighted by atomic mass is 79.9. The smallest absolute Gasteiger partial charge is 0.227 e. The Kier molecular flexibility index (Phi) is 4.98. The molecule has 0 spiro atoms. The minimum absolute atomic E-state index is 0.127. The Labute approximate surface area is 125 Å². The number of nitrogens with one attached hydrogen (secondary N) is 1. The molecule has 2 rings (SSSR count). The highest BCUT2D eigenvalue weighted by molar-refractivity contribution is 9.10. The number of aliphatic hydroxyl groups excluding tert-OH is 1. The van der Waals surface area contributed by atoms with E-state index in [4.69, 9.17) is 4.42 Å². The number of carbonyl (C=O) groups is 1. The van der Waals surface area contributed by atoms with Crippen molar-refractivity contribution in [3.63, 3.8) is 0 Å². The quantitative estimate of drug-likeness (QED) is 0.881. The molecule has 0 bridgehead atoms. The number of furan rings is 1. The van der Waals surface area contributed by atoms with Gasteiger partial charge in [-0.15, -0.1) is 0 Å². The van der Waals surface area contributed by atoms with E-state index >= 15 is 0 Å². The molecule has 5 heteroatoms. The minimum Gasteiger partial charge on any atom is -0.467 e. The Bertz CT molecular complexity index is 551. The largest absolute Gasteiger partial charge is 0.467 e. The summed E-state index contributed by atoms with van der Waals surface area (Å²) < 4.78 is 6.05. The summed E-state index contributed by atoms with van der Waals surface area (Å²) in [6.45, 7) is 1.96. The first kappa shape index (κ1) is 14.8. The SMILES string of the molecule is CC(C(=O)NCC(O)c1ccco1)c1ccc(Br)cc1. The van der Waals surface area contributed by atoms with E-state index in [1.807, 2.05) is 31.2 Å². The van der Waals surface area contributed by atoms with Gasteiger partial charge in [-0.05, 0) is 36.8 Å². The van der Waals surface area contributed by atoms with Crippen molar-refractivity contribution in [1.82, 2.24) is 5.32 Å². The van der Waals surface area contributed by atoms with Gasteiger partial charge in [-0.3, -0.25) is 4.79 Å². The zero-order valence-corrected chi connectivity index (χ0v) is 12.6. The fourth-order valence-corrected chi connectivity index (χ4v) is 2.10. The van der Waals surface area contributed by atoms with Crippen LogP contribution in [0.15, 0.2) is 51.6 Å². The van der Waals surface area contributed by atoms with Gasteiger partial charge >= 0.3 is 0 Å².